The first kappa shape index (κ1) is 9.51. The fourth-order valence-corrected chi connectivity index (χ4v) is 1.92. The normalized spacial score (nSPS) is 15.7. The minimum Gasteiger partial charge on any atom is -0.481 e. The lowest BCUT2D eigenvalue weighted by Gasteiger charge is -2.02. The van der Waals surface area contributed by atoms with Crippen LogP contribution in [-0.2, 0) is 10.5 Å². The highest BCUT2D eigenvalue weighted by molar-refractivity contribution is 7.99. The van der Waals surface area contributed by atoms with E-state index in [0.717, 1.165) is 5.82 Å². The summed E-state index contributed by atoms with van der Waals surface area (Å²) in [4.78, 5) is 10.3. The van der Waals surface area contributed by atoms with Gasteiger partial charge in [0.1, 0.15) is 12.2 Å². The van der Waals surface area contributed by atoms with E-state index in [2.05, 4.69) is 14.8 Å². The molecule has 0 amide bonds. The van der Waals surface area contributed by atoms with Crippen LogP contribution in [-0.4, -0.2) is 31.6 Å². The summed E-state index contributed by atoms with van der Waals surface area (Å²) in [5, 5.41) is 16.3. The number of aromatic nitrogens is 3. The molecule has 6 heteroatoms. The van der Waals surface area contributed by atoms with Crippen molar-refractivity contribution in [1.82, 2.24) is 14.8 Å². The van der Waals surface area contributed by atoms with Gasteiger partial charge in [-0.3, -0.25) is 4.79 Å². The van der Waals surface area contributed by atoms with Crippen LogP contribution in [0.2, 0.25) is 0 Å². The molecule has 0 radical (unpaired) electrons. The second kappa shape index (κ2) is 4.00. The molecule has 0 bridgehead atoms. The average molecular weight is 213 g/mol. The predicted octanol–water partition coefficient (Wildman–Crippen LogP) is 0.931. The van der Waals surface area contributed by atoms with Gasteiger partial charge in [-0.1, -0.05) is 0 Å². The molecular formula is C8H11N3O2S. The Balaban J connectivity index is 1.88. The second-order valence-corrected chi connectivity index (χ2v) is 4.26. The lowest BCUT2D eigenvalue weighted by atomic mass is 10.6. The summed E-state index contributed by atoms with van der Waals surface area (Å²) >= 11 is 1.36. The smallest absolute Gasteiger partial charge is 0.313 e. The number of hydrogen-bond acceptors (Lipinski definition) is 4. The Morgan fingerprint density at radius 1 is 1.71 bits per heavy atom. The minimum absolute atomic E-state index is 0.123. The van der Waals surface area contributed by atoms with Crippen LogP contribution in [0.15, 0.2) is 6.33 Å². The summed E-state index contributed by atoms with van der Waals surface area (Å²) in [5.41, 5.74) is 0. The molecule has 5 nitrogen and oxygen atoms in total. The fraction of sp³-hybridized carbons (Fsp3) is 0.625. The summed E-state index contributed by atoms with van der Waals surface area (Å²) in [7, 11) is 0. The first-order valence-corrected chi connectivity index (χ1v) is 5.61. The Bertz CT molecular complexity index is 335. The number of carbonyl (C=O) groups is 1. The first-order chi connectivity index (χ1) is 6.77. The number of nitrogens with zero attached hydrogens (tertiary/aromatic N) is 3. The average Bonchev–Trinajstić information content (AvgIpc) is 2.87. The maximum Gasteiger partial charge on any atom is 0.313 e. The van der Waals surface area contributed by atoms with Gasteiger partial charge < -0.3 is 9.67 Å². The topological polar surface area (TPSA) is 68.0 Å². The number of aliphatic carboxylic acids is 1. The Hall–Kier alpha value is -1.04. The molecule has 1 heterocycles. The van der Waals surface area contributed by atoms with Gasteiger partial charge in [-0.15, -0.1) is 22.0 Å². The second-order valence-electron chi connectivity index (χ2n) is 3.27. The van der Waals surface area contributed by atoms with Crippen LogP contribution in [0, 0.1) is 0 Å². The molecular weight excluding hydrogens is 202 g/mol. The zero-order valence-electron chi connectivity index (χ0n) is 7.59. The molecule has 76 valence electrons. The highest BCUT2D eigenvalue weighted by atomic mass is 32.2. The van der Waals surface area contributed by atoms with E-state index in [1.807, 2.05) is 0 Å². The number of hydrogen-bond donors (Lipinski definition) is 1. The number of carboxylic acid groups (broad SMARTS) is 1. The van der Waals surface area contributed by atoms with E-state index in [-0.39, 0.29) is 5.75 Å². The Morgan fingerprint density at radius 3 is 3.14 bits per heavy atom. The van der Waals surface area contributed by atoms with Crippen molar-refractivity contribution in [2.45, 2.75) is 24.6 Å². The molecule has 0 unspecified atom stereocenters. The zero-order valence-corrected chi connectivity index (χ0v) is 8.40. The van der Waals surface area contributed by atoms with E-state index in [4.69, 9.17) is 5.11 Å². The third-order valence-corrected chi connectivity index (χ3v) is 2.96. The van der Waals surface area contributed by atoms with E-state index in [1.54, 1.807) is 6.33 Å². The van der Waals surface area contributed by atoms with Crippen molar-refractivity contribution >= 4 is 17.7 Å². The minimum atomic E-state index is -0.785. The molecule has 1 aromatic heterocycles. The van der Waals surface area contributed by atoms with E-state index >= 15 is 0 Å². The Labute approximate surface area is 85.5 Å². The van der Waals surface area contributed by atoms with E-state index in [9.17, 15) is 4.79 Å². The van der Waals surface area contributed by atoms with Gasteiger partial charge in [0.05, 0.1) is 11.5 Å². The molecule has 14 heavy (non-hydrogen) atoms. The van der Waals surface area contributed by atoms with Crippen LogP contribution >= 0.6 is 11.8 Å². The SMILES string of the molecule is O=C(O)CSCc1nncn1C1CC1. The Kier molecular flexibility index (Phi) is 2.72. The summed E-state index contributed by atoms with van der Waals surface area (Å²) in [5.74, 6) is 0.853. The van der Waals surface area contributed by atoms with E-state index in [0.29, 0.717) is 11.8 Å². The van der Waals surface area contributed by atoms with Crippen molar-refractivity contribution in [2.75, 3.05) is 5.75 Å². The largest absolute Gasteiger partial charge is 0.481 e. The van der Waals surface area contributed by atoms with Gasteiger partial charge in [0.2, 0.25) is 0 Å². The highest BCUT2D eigenvalue weighted by Gasteiger charge is 2.25. The quantitative estimate of drug-likeness (QED) is 0.788. The number of rotatable bonds is 5. The number of thioether (sulfide) groups is 1. The molecule has 0 spiro atoms. The van der Waals surface area contributed by atoms with Crippen molar-refractivity contribution in [3.05, 3.63) is 12.2 Å². The van der Waals surface area contributed by atoms with Crippen molar-refractivity contribution in [2.24, 2.45) is 0 Å². The lowest BCUT2D eigenvalue weighted by molar-refractivity contribution is -0.133. The first-order valence-electron chi connectivity index (χ1n) is 4.45. The molecule has 0 atom stereocenters. The molecule has 1 saturated carbocycles. The third kappa shape index (κ3) is 2.25. The van der Waals surface area contributed by atoms with Crippen LogP contribution in [0.25, 0.3) is 0 Å². The lowest BCUT2D eigenvalue weighted by Crippen LogP contribution is -2.02. The van der Waals surface area contributed by atoms with Crippen molar-refractivity contribution < 1.29 is 9.90 Å². The van der Waals surface area contributed by atoms with Gasteiger partial charge >= 0.3 is 5.97 Å². The molecule has 0 aromatic carbocycles. The molecule has 1 fully saturated rings. The molecule has 2 rings (SSSR count). The van der Waals surface area contributed by atoms with Gasteiger partial charge in [0.15, 0.2) is 0 Å². The molecule has 1 aliphatic rings. The van der Waals surface area contributed by atoms with E-state index in [1.165, 1.54) is 24.6 Å². The Morgan fingerprint density at radius 2 is 2.50 bits per heavy atom. The standard InChI is InChI=1S/C8H11N3O2S/c12-8(13)4-14-3-7-10-9-5-11(7)6-1-2-6/h5-6H,1-4H2,(H,12,13). The summed E-state index contributed by atoms with van der Waals surface area (Å²) in [6.45, 7) is 0. The molecule has 1 aliphatic carbocycles. The van der Waals surface area contributed by atoms with Gasteiger partial charge in [0, 0.05) is 6.04 Å². The highest BCUT2D eigenvalue weighted by Crippen LogP contribution is 2.35. The molecule has 1 aromatic rings. The summed E-state index contributed by atoms with van der Waals surface area (Å²) < 4.78 is 2.05. The van der Waals surface area contributed by atoms with Crippen LogP contribution < -0.4 is 0 Å². The van der Waals surface area contributed by atoms with Crippen LogP contribution in [0.4, 0.5) is 0 Å². The van der Waals surface area contributed by atoms with E-state index < -0.39 is 5.97 Å². The van der Waals surface area contributed by atoms with Crippen LogP contribution in [0.3, 0.4) is 0 Å². The van der Waals surface area contributed by atoms with Gasteiger partial charge in [0.25, 0.3) is 0 Å². The molecule has 1 N–H and O–H groups in total. The molecule has 0 aliphatic heterocycles. The third-order valence-electron chi connectivity index (χ3n) is 2.04. The predicted molar refractivity (Wildman–Crippen MR) is 52.1 cm³/mol. The zero-order chi connectivity index (χ0) is 9.97. The maximum atomic E-state index is 10.3. The monoisotopic (exact) mass is 213 g/mol. The van der Waals surface area contributed by atoms with Gasteiger partial charge in [-0.25, -0.2) is 0 Å². The van der Waals surface area contributed by atoms with Gasteiger partial charge in [-0.05, 0) is 12.8 Å². The number of carboxylic acids is 1. The van der Waals surface area contributed by atoms with Crippen molar-refractivity contribution in [3.63, 3.8) is 0 Å². The fourth-order valence-electron chi connectivity index (χ4n) is 1.26. The maximum absolute atomic E-state index is 10.3. The van der Waals surface area contributed by atoms with Crippen LogP contribution in [0.1, 0.15) is 24.7 Å². The summed E-state index contributed by atoms with van der Waals surface area (Å²) in [6.07, 6.45) is 4.11. The van der Waals surface area contributed by atoms with Crippen LogP contribution in [0.5, 0.6) is 0 Å². The van der Waals surface area contributed by atoms with Crippen molar-refractivity contribution in [3.8, 4) is 0 Å². The molecule has 0 saturated heterocycles. The summed E-state index contributed by atoms with van der Waals surface area (Å²) in [6, 6.07) is 0.561. The van der Waals surface area contributed by atoms with Crippen molar-refractivity contribution in [1.29, 1.82) is 0 Å². The van der Waals surface area contributed by atoms with Gasteiger partial charge in [-0.2, -0.15) is 0 Å².